The summed E-state index contributed by atoms with van der Waals surface area (Å²) in [6.07, 6.45) is 0.884. The van der Waals surface area contributed by atoms with Crippen molar-refractivity contribution in [2.75, 3.05) is 0 Å². The largest absolute Gasteiger partial charge is 0.390 e. The Morgan fingerprint density at radius 1 is 1.32 bits per heavy atom. The number of benzene rings is 1. The normalized spacial score (nSPS) is 27.0. The highest BCUT2D eigenvalue weighted by atomic mass is 16.3. The summed E-state index contributed by atoms with van der Waals surface area (Å²) in [4.78, 5) is 12.0. The van der Waals surface area contributed by atoms with E-state index in [-0.39, 0.29) is 11.9 Å². The maximum absolute atomic E-state index is 12.0. The third-order valence-corrected chi connectivity index (χ3v) is 3.78. The van der Waals surface area contributed by atoms with E-state index in [0.29, 0.717) is 12.8 Å². The molecule has 1 aliphatic carbocycles. The van der Waals surface area contributed by atoms with Crippen LogP contribution in [0, 0.1) is 6.92 Å². The van der Waals surface area contributed by atoms with Crippen LogP contribution >= 0.6 is 0 Å². The molecule has 3 atom stereocenters. The molecular weight excluding hydrogens is 242 g/mol. The Morgan fingerprint density at radius 3 is 2.79 bits per heavy atom. The molecule has 1 saturated carbocycles. The van der Waals surface area contributed by atoms with Crippen molar-refractivity contribution < 1.29 is 15.0 Å². The fraction of sp³-hybridized carbons (Fsp3) is 0.533. The van der Waals surface area contributed by atoms with Crippen LogP contribution in [0.15, 0.2) is 24.3 Å². The van der Waals surface area contributed by atoms with E-state index in [1.54, 1.807) is 0 Å². The maximum Gasteiger partial charge on any atom is 0.224 e. The minimum Gasteiger partial charge on any atom is -0.390 e. The van der Waals surface area contributed by atoms with E-state index in [1.165, 1.54) is 0 Å². The quantitative estimate of drug-likeness (QED) is 0.760. The molecule has 4 heteroatoms. The lowest BCUT2D eigenvalue weighted by Gasteiger charge is -2.32. The van der Waals surface area contributed by atoms with Gasteiger partial charge in [-0.3, -0.25) is 4.79 Å². The van der Waals surface area contributed by atoms with Gasteiger partial charge in [-0.05, 0) is 37.3 Å². The van der Waals surface area contributed by atoms with Gasteiger partial charge in [-0.15, -0.1) is 0 Å². The van der Waals surface area contributed by atoms with Gasteiger partial charge in [0.15, 0.2) is 0 Å². The lowest BCUT2D eigenvalue weighted by molar-refractivity contribution is -0.123. The topological polar surface area (TPSA) is 69.6 Å². The van der Waals surface area contributed by atoms with Crippen LogP contribution in [0.1, 0.15) is 30.4 Å². The fourth-order valence-electron chi connectivity index (χ4n) is 2.55. The smallest absolute Gasteiger partial charge is 0.224 e. The number of hydrogen-bond donors (Lipinski definition) is 3. The van der Waals surface area contributed by atoms with Gasteiger partial charge in [0.05, 0.1) is 24.7 Å². The SMILES string of the molecule is Cc1ccccc1CC(=O)N[C@@H]1CCC[C@@H](O)[C@@H]1O. The van der Waals surface area contributed by atoms with Gasteiger partial charge in [0.1, 0.15) is 0 Å². The second-order valence-corrected chi connectivity index (χ2v) is 5.27. The van der Waals surface area contributed by atoms with Crippen LogP contribution in [0.5, 0.6) is 0 Å². The molecule has 0 heterocycles. The number of hydrogen-bond acceptors (Lipinski definition) is 3. The minimum atomic E-state index is -0.852. The van der Waals surface area contributed by atoms with Crippen LogP contribution in [-0.2, 0) is 11.2 Å². The van der Waals surface area contributed by atoms with Crippen LogP contribution in [0.25, 0.3) is 0 Å². The molecule has 0 unspecified atom stereocenters. The molecular formula is C15H21NO3. The third kappa shape index (κ3) is 3.55. The number of aliphatic hydroxyl groups excluding tert-OH is 2. The standard InChI is InChI=1S/C15H21NO3/c1-10-5-2-3-6-11(10)9-14(18)16-12-7-4-8-13(17)15(12)19/h2-3,5-6,12-13,15,17,19H,4,7-9H2,1H3,(H,16,18)/t12-,13-,15-/m1/s1. The van der Waals surface area contributed by atoms with E-state index in [1.807, 2.05) is 31.2 Å². The molecule has 4 nitrogen and oxygen atoms in total. The summed E-state index contributed by atoms with van der Waals surface area (Å²) >= 11 is 0. The van der Waals surface area contributed by atoms with E-state index in [0.717, 1.165) is 24.0 Å². The summed E-state index contributed by atoms with van der Waals surface area (Å²) in [5.74, 6) is -0.104. The molecule has 1 aliphatic rings. The van der Waals surface area contributed by atoms with Gasteiger partial charge >= 0.3 is 0 Å². The van der Waals surface area contributed by atoms with Gasteiger partial charge in [0, 0.05) is 0 Å². The molecule has 1 fully saturated rings. The van der Waals surface area contributed by atoms with Crippen molar-refractivity contribution in [3.05, 3.63) is 35.4 Å². The second kappa shape index (κ2) is 6.17. The molecule has 0 saturated heterocycles. The van der Waals surface area contributed by atoms with Crippen LogP contribution in [0.2, 0.25) is 0 Å². The number of carbonyl (C=O) groups is 1. The van der Waals surface area contributed by atoms with E-state index < -0.39 is 12.2 Å². The van der Waals surface area contributed by atoms with Crippen molar-refractivity contribution in [2.24, 2.45) is 0 Å². The zero-order chi connectivity index (χ0) is 13.8. The highest BCUT2D eigenvalue weighted by Gasteiger charge is 2.31. The molecule has 0 bridgehead atoms. The molecule has 0 spiro atoms. The number of carbonyl (C=O) groups excluding carboxylic acids is 1. The van der Waals surface area contributed by atoms with Crippen molar-refractivity contribution in [3.63, 3.8) is 0 Å². The van der Waals surface area contributed by atoms with Gasteiger partial charge in [0.25, 0.3) is 0 Å². The van der Waals surface area contributed by atoms with Gasteiger partial charge < -0.3 is 15.5 Å². The Morgan fingerprint density at radius 2 is 2.05 bits per heavy atom. The minimum absolute atomic E-state index is 0.104. The number of amides is 1. The zero-order valence-electron chi connectivity index (χ0n) is 11.2. The van der Waals surface area contributed by atoms with Crippen LogP contribution in [-0.4, -0.2) is 34.4 Å². The number of aryl methyl sites for hydroxylation is 1. The number of rotatable bonds is 3. The molecule has 19 heavy (non-hydrogen) atoms. The van der Waals surface area contributed by atoms with E-state index in [2.05, 4.69) is 5.32 Å². The summed E-state index contributed by atoms with van der Waals surface area (Å²) in [5, 5.41) is 22.3. The van der Waals surface area contributed by atoms with Crippen molar-refractivity contribution in [1.29, 1.82) is 0 Å². The monoisotopic (exact) mass is 263 g/mol. The molecule has 1 aromatic rings. The molecule has 1 amide bonds. The number of nitrogens with one attached hydrogen (secondary N) is 1. The first-order valence-corrected chi connectivity index (χ1v) is 6.78. The fourth-order valence-corrected chi connectivity index (χ4v) is 2.55. The average molecular weight is 263 g/mol. The maximum atomic E-state index is 12.0. The highest BCUT2D eigenvalue weighted by molar-refractivity contribution is 5.79. The van der Waals surface area contributed by atoms with Crippen molar-refractivity contribution in [3.8, 4) is 0 Å². The van der Waals surface area contributed by atoms with Crippen LogP contribution < -0.4 is 5.32 Å². The predicted molar refractivity (Wildman–Crippen MR) is 72.7 cm³/mol. The van der Waals surface area contributed by atoms with E-state index in [9.17, 15) is 15.0 Å². The Bertz CT molecular complexity index is 447. The van der Waals surface area contributed by atoms with Crippen molar-refractivity contribution in [2.45, 2.75) is 50.9 Å². The summed E-state index contributed by atoms with van der Waals surface area (Å²) in [5.41, 5.74) is 2.08. The summed E-state index contributed by atoms with van der Waals surface area (Å²) in [6, 6.07) is 7.43. The van der Waals surface area contributed by atoms with Gasteiger partial charge in [-0.2, -0.15) is 0 Å². The van der Waals surface area contributed by atoms with E-state index >= 15 is 0 Å². The predicted octanol–water partition coefficient (Wildman–Crippen LogP) is 0.928. The molecule has 0 aromatic heterocycles. The lowest BCUT2D eigenvalue weighted by atomic mass is 9.90. The van der Waals surface area contributed by atoms with E-state index in [4.69, 9.17) is 0 Å². The van der Waals surface area contributed by atoms with Gasteiger partial charge in [-0.1, -0.05) is 24.3 Å². The Labute approximate surface area is 113 Å². The average Bonchev–Trinajstić information content (AvgIpc) is 2.38. The summed E-state index contributed by atoms with van der Waals surface area (Å²) in [6.45, 7) is 1.97. The van der Waals surface area contributed by atoms with Gasteiger partial charge in [-0.25, -0.2) is 0 Å². The molecule has 2 rings (SSSR count). The van der Waals surface area contributed by atoms with Crippen molar-refractivity contribution in [1.82, 2.24) is 5.32 Å². The molecule has 0 aliphatic heterocycles. The summed E-state index contributed by atoms with van der Waals surface area (Å²) < 4.78 is 0. The first-order chi connectivity index (χ1) is 9.08. The first-order valence-electron chi connectivity index (χ1n) is 6.78. The molecule has 3 N–H and O–H groups in total. The first kappa shape index (κ1) is 14.0. The van der Waals surface area contributed by atoms with Crippen molar-refractivity contribution >= 4 is 5.91 Å². The Kier molecular flexibility index (Phi) is 4.56. The second-order valence-electron chi connectivity index (χ2n) is 5.27. The van der Waals surface area contributed by atoms with Crippen LogP contribution in [0.3, 0.4) is 0 Å². The number of aliphatic hydroxyl groups is 2. The molecule has 1 aromatic carbocycles. The Hall–Kier alpha value is -1.39. The highest BCUT2D eigenvalue weighted by Crippen LogP contribution is 2.19. The molecule has 0 radical (unpaired) electrons. The van der Waals surface area contributed by atoms with Gasteiger partial charge in [0.2, 0.25) is 5.91 Å². The Balaban J connectivity index is 1.93. The third-order valence-electron chi connectivity index (χ3n) is 3.78. The lowest BCUT2D eigenvalue weighted by Crippen LogP contribution is -2.51. The van der Waals surface area contributed by atoms with Crippen LogP contribution in [0.4, 0.5) is 0 Å². The molecule has 104 valence electrons. The summed E-state index contributed by atoms with van der Waals surface area (Å²) in [7, 11) is 0. The zero-order valence-corrected chi connectivity index (χ0v) is 11.2.